The minimum atomic E-state index is -0.771. The van der Waals surface area contributed by atoms with Gasteiger partial charge in [0.05, 0.1) is 4.47 Å². The van der Waals surface area contributed by atoms with Crippen LogP contribution in [0, 0.1) is 0 Å². The van der Waals surface area contributed by atoms with Crippen molar-refractivity contribution in [1.82, 2.24) is 10.9 Å². The summed E-state index contributed by atoms with van der Waals surface area (Å²) in [7, 11) is 0. The lowest BCUT2D eigenvalue weighted by atomic mass is 9.98. The van der Waals surface area contributed by atoms with E-state index in [1.807, 2.05) is 36.4 Å². The fourth-order valence-corrected chi connectivity index (χ4v) is 3.29. The monoisotopic (exact) mass is 476 g/mol. The molecule has 0 aliphatic heterocycles. The van der Waals surface area contributed by atoms with Gasteiger partial charge in [-0.1, -0.05) is 45.0 Å². The number of carbonyl (C=O) groups is 2. The number of rotatable bonds is 9. The Morgan fingerprint density at radius 3 is 2.43 bits per heavy atom. The van der Waals surface area contributed by atoms with Gasteiger partial charge in [-0.05, 0) is 70.9 Å². The van der Waals surface area contributed by atoms with Crippen molar-refractivity contribution < 1.29 is 19.1 Å². The van der Waals surface area contributed by atoms with Crippen molar-refractivity contribution in [3.05, 3.63) is 58.1 Å². The number of hydrazine groups is 1. The SMILES string of the molecule is CCc1ccc(OCC(=O)NNC(=O)C(C)Oc2ccccc2C(C)CC)c(Br)c1. The Morgan fingerprint density at radius 2 is 1.77 bits per heavy atom. The number of para-hydroxylation sites is 1. The van der Waals surface area contributed by atoms with Crippen LogP contribution in [0.3, 0.4) is 0 Å². The average molecular weight is 477 g/mol. The van der Waals surface area contributed by atoms with E-state index >= 15 is 0 Å². The number of halogens is 1. The van der Waals surface area contributed by atoms with Crippen LogP contribution in [0.2, 0.25) is 0 Å². The van der Waals surface area contributed by atoms with Gasteiger partial charge in [0, 0.05) is 0 Å². The molecule has 0 aliphatic carbocycles. The van der Waals surface area contributed by atoms with Crippen LogP contribution >= 0.6 is 15.9 Å². The minimum Gasteiger partial charge on any atom is -0.483 e. The third-order valence-electron chi connectivity index (χ3n) is 4.82. The number of carbonyl (C=O) groups excluding carboxylic acids is 2. The Bertz CT molecular complexity index is 872. The van der Waals surface area contributed by atoms with Crippen LogP contribution in [0.5, 0.6) is 11.5 Å². The van der Waals surface area contributed by atoms with Gasteiger partial charge in [0.1, 0.15) is 11.5 Å². The number of ether oxygens (including phenoxy) is 2. The van der Waals surface area contributed by atoms with E-state index in [1.165, 1.54) is 0 Å². The Kier molecular flexibility index (Phi) is 9.17. The molecule has 2 unspecified atom stereocenters. The third-order valence-corrected chi connectivity index (χ3v) is 5.44. The molecule has 30 heavy (non-hydrogen) atoms. The standard InChI is InChI=1S/C23H29BrN2O4/c1-5-15(3)18-9-7-8-10-20(18)30-16(4)23(28)26-25-22(27)14-29-21-12-11-17(6-2)13-19(21)24/h7-13,15-16H,5-6,14H2,1-4H3,(H,25,27)(H,26,28). The lowest BCUT2D eigenvalue weighted by molar-refractivity contribution is -0.133. The molecule has 2 rings (SSSR count). The summed E-state index contributed by atoms with van der Waals surface area (Å²) in [5.41, 5.74) is 6.94. The van der Waals surface area contributed by atoms with Crippen LogP contribution < -0.4 is 20.3 Å². The van der Waals surface area contributed by atoms with Gasteiger partial charge in [0.15, 0.2) is 12.7 Å². The average Bonchev–Trinajstić information content (AvgIpc) is 2.76. The van der Waals surface area contributed by atoms with Crippen molar-refractivity contribution >= 4 is 27.7 Å². The molecule has 0 saturated heterocycles. The molecule has 0 heterocycles. The summed E-state index contributed by atoms with van der Waals surface area (Å²) in [6.45, 7) is 7.69. The molecule has 0 saturated carbocycles. The van der Waals surface area contributed by atoms with E-state index < -0.39 is 17.9 Å². The zero-order valence-corrected chi connectivity index (χ0v) is 19.4. The second-order valence-electron chi connectivity index (χ2n) is 7.05. The fourth-order valence-electron chi connectivity index (χ4n) is 2.75. The van der Waals surface area contributed by atoms with E-state index in [2.05, 4.69) is 47.6 Å². The second kappa shape index (κ2) is 11.6. The molecule has 2 N–H and O–H groups in total. The quantitative estimate of drug-likeness (QED) is 0.521. The third kappa shape index (κ3) is 6.76. The van der Waals surface area contributed by atoms with Gasteiger partial charge < -0.3 is 9.47 Å². The van der Waals surface area contributed by atoms with Crippen molar-refractivity contribution in [2.45, 2.75) is 52.6 Å². The van der Waals surface area contributed by atoms with E-state index in [9.17, 15) is 9.59 Å². The van der Waals surface area contributed by atoms with Crippen LogP contribution in [0.15, 0.2) is 46.9 Å². The predicted octanol–water partition coefficient (Wildman–Crippen LogP) is 4.52. The molecule has 0 fully saturated rings. The predicted molar refractivity (Wildman–Crippen MR) is 121 cm³/mol. The highest BCUT2D eigenvalue weighted by Gasteiger charge is 2.18. The van der Waals surface area contributed by atoms with Gasteiger partial charge >= 0.3 is 0 Å². The smallest absolute Gasteiger partial charge is 0.279 e. The zero-order valence-electron chi connectivity index (χ0n) is 17.8. The lowest BCUT2D eigenvalue weighted by Gasteiger charge is -2.19. The summed E-state index contributed by atoms with van der Waals surface area (Å²) < 4.78 is 12.1. The number of amides is 2. The summed E-state index contributed by atoms with van der Waals surface area (Å²) in [6.07, 6.45) is 1.11. The largest absolute Gasteiger partial charge is 0.483 e. The van der Waals surface area contributed by atoms with Crippen molar-refractivity contribution in [2.24, 2.45) is 0 Å². The molecule has 6 nitrogen and oxygen atoms in total. The van der Waals surface area contributed by atoms with E-state index in [0.29, 0.717) is 17.4 Å². The molecule has 2 amide bonds. The molecule has 0 bridgehead atoms. The zero-order chi connectivity index (χ0) is 22.1. The first-order valence-corrected chi connectivity index (χ1v) is 10.9. The maximum absolute atomic E-state index is 12.3. The maximum Gasteiger partial charge on any atom is 0.279 e. The van der Waals surface area contributed by atoms with Crippen molar-refractivity contribution in [1.29, 1.82) is 0 Å². The molecular formula is C23H29BrN2O4. The summed E-state index contributed by atoms with van der Waals surface area (Å²) in [6, 6.07) is 13.4. The van der Waals surface area contributed by atoms with Crippen LogP contribution in [0.1, 0.15) is 51.2 Å². The molecular weight excluding hydrogens is 448 g/mol. The van der Waals surface area contributed by atoms with E-state index in [1.54, 1.807) is 13.0 Å². The molecule has 0 spiro atoms. The second-order valence-corrected chi connectivity index (χ2v) is 7.91. The maximum atomic E-state index is 12.3. The molecule has 2 atom stereocenters. The molecule has 162 valence electrons. The van der Waals surface area contributed by atoms with Gasteiger partial charge in [-0.2, -0.15) is 0 Å². The van der Waals surface area contributed by atoms with Crippen LogP contribution in [-0.4, -0.2) is 24.5 Å². The Balaban J connectivity index is 1.83. The Hall–Kier alpha value is -2.54. The van der Waals surface area contributed by atoms with Crippen molar-refractivity contribution in [3.8, 4) is 11.5 Å². The molecule has 0 aromatic heterocycles. The topological polar surface area (TPSA) is 76.7 Å². The highest BCUT2D eigenvalue weighted by molar-refractivity contribution is 9.10. The van der Waals surface area contributed by atoms with Crippen LogP contribution in [0.4, 0.5) is 0 Å². The first-order valence-electron chi connectivity index (χ1n) is 10.1. The number of hydrogen-bond acceptors (Lipinski definition) is 4. The fraction of sp³-hybridized carbons (Fsp3) is 0.391. The van der Waals surface area contributed by atoms with E-state index in [-0.39, 0.29) is 6.61 Å². The molecule has 2 aromatic carbocycles. The highest BCUT2D eigenvalue weighted by Crippen LogP contribution is 2.29. The number of benzene rings is 2. The summed E-state index contributed by atoms with van der Waals surface area (Å²) >= 11 is 3.43. The first kappa shape index (κ1) is 23.7. The highest BCUT2D eigenvalue weighted by atomic mass is 79.9. The molecule has 2 aromatic rings. The Morgan fingerprint density at radius 1 is 1.03 bits per heavy atom. The van der Waals surface area contributed by atoms with Crippen LogP contribution in [-0.2, 0) is 16.0 Å². The summed E-state index contributed by atoms with van der Waals surface area (Å²) in [4.78, 5) is 24.3. The van der Waals surface area contributed by atoms with Gasteiger partial charge in [-0.25, -0.2) is 0 Å². The number of hydrogen-bond donors (Lipinski definition) is 2. The van der Waals surface area contributed by atoms with Crippen molar-refractivity contribution in [3.63, 3.8) is 0 Å². The minimum absolute atomic E-state index is 0.226. The normalized spacial score (nSPS) is 12.6. The number of nitrogens with one attached hydrogen (secondary N) is 2. The van der Waals surface area contributed by atoms with Gasteiger partial charge in [-0.15, -0.1) is 0 Å². The Labute approximate surface area is 186 Å². The molecule has 7 heteroatoms. The van der Waals surface area contributed by atoms with Crippen molar-refractivity contribution in [2.75, 3.05) is 6.61 Å². The lowest BCUT2D eigenvalue weighted by Crippen LogP contribution is -2.48. The van der Waals surface area contributed by atoms with Crippen LogP contribution in [0.25, 0.3) is 0 Å². The first-order chi connectivity index (χ1) is 14.3. The summed E-state index contributed by atoms with van der Waals surface area (Å²) in [5, 5.41) is 0. The van der Waals surface area contributed by atoms with Gasteiger partial charge in [-0.3, -0.25) is 20.4 Å². The molecule has 0 aliphatic rings. The van der Waals surface area contributed by atoms with Gasteiger partial charge in [0.2, 0.25) is 0 Å². The van der Waals surface area contributed by atoms with Gasteiger partial charge in [0.25, 0.3) is 11.8 Å². The van der Waals surface area contributed by atoms with E-state index in [0.717, 1.165) is 28.4 Å². The number of aryl methyl sites for hydroxylation is 1. The van der Waals surface area contributed by atoms with E-state index in [4.69, 9.17) is 9.47 Å². The molecule has 0 radical (unpaired) electrons. The summed E-state index contributed by atoms with van der Waals surface area (Å²) in [5.74, 6) is 0.633.